The van der Waals surface area contributed by atoms with Gasteiger partial charge in [0.25, 0.3) is 0 Å². The molecule has 1 saturated carbocycles. The molecule has 0 bridgehead atoms. The number of hydrogen-bond donors (Lipinski definition) is 2. The number of amides is 1. The van der Waals surface area contributed by atoms with E-state index in [2.05, 4.69) is 12.2 Å². The van der Waals surface area contributed by atoms with Crippen LogP contribution < -0.4 is 5.32 Å². The van der Waals surface area contributed by atoms with Gasteiger partial charge in [-0.05, 0) is 29.9 Å². The lowest BCUT2D eigenvalue weighted by Crippen LogP contribution is -2.37. The van der Waals surface area contributed by atoms with Crippen molar-refractivity contribution < 1.29 is 14.7 Å². The quantitative estimate of drug-likeness (QED) is 0.875. The van der Waals surface area contributed by atoms with Gasteiger partial charge in [-0.15, -0.1) is 0 Å². The Morgan fingerprint density at radius 1 is 1.19 bits per heavy atom. The Kier molecular flexibility index (Phi) is 4.99. The van der Waals surface area contributed by atoms with Crippen LogP contribution in [0.1, 0.15) is 54.9 Å². The SMILES string of the molecule is CC1(CNC(=O)Cc2ccccc2C(=O)O)CCCCC1. The van der Waals surface area contributed by atoms with Gasteiger partial charge in [0.15, 0.2) is 0 Å². The average Bonchev–Trinajstić information content (AvgIpc) is 2.46. The summed E-state index contributed by atoms with van der Waals surface area (Å²) in [5.74, 6) is -1.09. The highest BCUT2D eigenvalue weighted by Crippen LogP contribution is 2.34. The highest BCUT2D eigenvalue weighted by atomic mass is 16.4. The molecular formula is C17H23NO3. The van der Waals surface area contributed by atoms with Crippen molar-refractivity contribution in [3.8, 4) is 0 Å². The van der Waals surface area contributed by atoms with Gasteiger partial charge >= 0.3 is 5.97 Å². The van der Waals surface area contributed by atoms with Crippen LogP contribution in [-0.2, 0) is 11.2 Å². The molecule has 0 saturated heterocycles. The summed E-state index contributed by atoms with van der Waals surface area (Å²) in [5, 5.41) is 12.1. The van der Waals surface area contributed by atoms with E-state index in [0.717, 1.165) is 12.8 Å². The maximum absolute atomic E-state index is 12.1. The number of carboxylic acid groups (broad SMARTS) is 1. The zero-order valence-corrected chi connectivity index (χ0v) is 12.5. The smallest absolute Gasteiger partial charge is 0.335 e. The van der Waals surface area contributed by atoms with E-state index in [0.29, 0.717) is 12.1 Å². The topological polar surface area (TPSA) is 66.4 Å². The third kappa shape index (κ3) is 4.31. The molecule has 2 rings (SSSR count). The monoisotopic (exact) mass is 289 g/mol. The second kappa shape index (κ2) is 6.74. The van der Waals surface area contributed by atoms with Crippen molar-refractivity contribution in [3.05, 3.63) is 35.4 Å². The highest BCUT2D eigenvalue weighted by Gasteiger charge is 2.27. The Morgan fingerprint density at radius 3 is 2.52 bits per heavy atom. The zero-order chi connectivity index (χ0) is 15.3. The van der Waals surface area contributed by atoms with Gasteiger partial charge in [-0.25, -0.2) is 4.79 Å². The summed E-state index contributed by atoms with van der Waals surface area (Å²) in [6.45, 7) is 2.90. The molecule has 1 aliphatic rings. The first-order valence-electron chi connectivity index (χ1n) is 7.58. The van der Waals surface area contributed by atoms with Crippen molar-refractivity contribution in [1.29, 1.82) is 0 Å². The van der Waals surface area contributed by atoms with Crippen LogP contribution in [0.5, 0.6) is 0 Å². The van der Waals surface area contributed by atoms with Crippen molar-refractivity contribution in [2.75, 3.05) is 6.54 Å². The van der Waals surface area contributed by atoms with E-state index in [-0.39, 0.29) is 23.3 Å². The number of carbonyl (C=O) groups is 2. The molecule has 2 N–H and O–H groups in total. The van der Waals surface area contributed by atoms with Crippen molar-refractivity contribution in [2.45, 2.75) is 45.4 Å². The van der Waals surface area contributed by atoms with Crippen LogP contribution in [0, 0.1) is 5.41 Å². The van der Waals surface area contributed by atoms with E-state index in [4.69, 9.17) is 5.11 Å². The number of hydrogen-bond acceptors (Lipinski definition) is 2. The maximum Gasteiger partial charge on any atom is 0.335 e. The molecule has 0 heterocycles. The molecule has 1 amide bonds. The van der Waals surface area contributed by atoms with Crippen molar-refractivity contribution in [1.82, 2.24) is 5.32 Å². The van der Waals surface area contributed by atoms with Gasteiger partial charge in [0, 0.05) is 6.54 Å². The van der Waals surface area contributed by atoms with Gasteiger partial charge in [-0.1, -0.05) is 44.4 Å². The van der Waals surface area contributed by atoms with Crippen LogP contribution in [0.15, 0.2) is 24.3 Å². The summed E-state index contributed by atoms with van der Waals surface area (Å²) < 4.78 is 0. The molecule has 0 spiro atoms. The normalized spacial score (nSPS) is 17.2. The highest BCUT2D eigenvalue weighted by molar-refractivity contribution is 5.91. The molecule has 0 aromatic heterocycles. The van der Waals surface area contributed by atoms with Crippen LogP contribution >= 0.6 is 0 Å². The van der Waals surface area contributed by atoms with Gasteiger partial charge < -0.3 is 10.4 Å². The minimum Gasteiger partial charge on any atom is -0.478 e. The Hall–Kier alpha value is -1.84. The molecule has 1 aromatic rings. The minimum absolute atomic E-state index is 0.101. The summed E-state index contributed by atoms with van der Waals surface area (Å²) in [6.07, 6.45) is 6.18. The Labute approximate surface area is 125 Å². The lowest BCUT2D eigenvalue weighted by molar-refractivity contribution is -0.121. The molecule has 0 aliphatic heterocycles. The Bertz CT molecular complexity index is 519. The van der Waals surface area contributed by atoms with Gasteiger partial charge in [0.05, 0.1) is 12.0 Å². The molecule has 1 aliphatic carbocycles. The molecule has 4 heteroatoms. The van der Waals surface area contributed by atoms with Gasteiger partial charge in [-0.2, -0.15) is 0 Å². The number of rotatable bonds is 5. The van der Waals surface area contributed by atoms with E-state index in [9.17, 15) is 9.59 Å². The number of aromatic carboxylic acids is 1. The molecule has 21 heavy (non-hydrogen) atoms. The van der Waals surface area contributed by atoms with Crippen LogP contribution in [0.2, 0.25) is 0 Å². The zero-order valence-electron chi connectivity index (χ0n) is 12.5. The summed E-state index contributed by atoms with van der Waals surface area (Å²) in [7, 11) is 0. The maximum atomic E-state index is 12.1. The van der Waals surface area contributed by atoms with Crippen LogP contribution in [0.25, 0.3) is 0 Å². The second-order valence-electron chi connectivity index (χ2n) is 6.29. The molecule has 0 unspecified atom stereocenters. The largest absolute Gasteiger partial charge is 0.478 e. The fraction of sp³-hybridized carbons (Fsp3) is 0.529. The number of carbonyl (C=O) groups excluding carboxylic acids is 1. The average molecular weight is 289 g/mol. The summed E-state index contributed by atoms with van der Waals surface area (Å²) in [4.78, 5) is 23.2. The number of nitrogens with one attached hydrogen (secondary N) is 1. The predicted octanol–water partition coefficient (Wildman–Crippen LogP) is 3.01. The standard InChI is InChI=1S/C17H23NO3/c1-17(9-5-2-6-10-17)12-18-15(19)11-13-7-3-4-8-14(13)16(20)21/h3-4,7-8H,2,5-6,9-12H2,1H3,(H,18,19)(H,20,21). The fourth-order valence-corrected chi connectivity index (χ4v) is 3.01. The van der Waals surface area contributed by atoms with Crippen LogP contribution in [-0.4, -0.2) is 23.5 Å². The van der Waals surface area contributed by atoms with Gasteiger partial charge in [-0.3, -0.25) is 4.79 Å². The fourth-order valence-electron chi connectivity index (χ4n) is 3.01. The van der Waals surface area contributed by atoms with Crippen molar-refractivity contribution in [3.63, 3.8) is 0 Å². The van der Waals surface area contributed by atoms with E-state index < -0.39 is 5.97 Å². The third-order valence-corrected chi connectivity index (χ3v) is 4.37. The molecule has 114 valence electrons. The predicted molar refractivity (Wildman–Crippen MR) is 81.3 cm³/mol. The van der Waals surface area contributed by atoms with Crippen LogP contribution in [0.4, 0.5) is 0 Å². The lowest BCUT2D eigenvalue weighted by Gasteiger charge is -2.33. The van der Waals surface area contributed by atoms with E-state index >= 15 is 0 Å². The van der Waals surface area contributed by atoms with Gasteiger partial charge in [0.2, 0.25) is 5.91 Å². The summed E-state index contributed by atoms with van der Waals surface area (Å²) in [5.41, 5.74) is 0.966. The molecule has 4 nitrogen and oxygen atoms in total. The molecule has 1 fully saturated rings. The first-order valence-corrected chi connectivity index (χ1v) is 7.58. The Balaban J connectivity index is 1.91. The minimum atomic E-state index is -0.988. The van der Waals surface area contributed by atoms with Crippen molar-refractivity contribution >= 4 is 11.9 Å². The summed E-state index contributed by atoms with van der Waals surface area (Å²) in [6, 6.07) is 6.67. The van der Waals surface area contributed by atoms with Crippen molar-refractivity contribution in [2.24, 2.45) is 5.41 Å². The van der Waals surface area contributed by atoms with E-state index in [1.54, 1.807) is 18.2 Å². The van der Waals surface area contributed by atoms with Crippen LogP contribution in [0.3, 0.4) is 0 Å². The lowest BCUT2D eigenvalue weighted by atomic mass is 9.76. The van der Waals surface area contributed by atoms with Gasteiger partial charge in [0.1, 0.15) is 0 Å². The molecule has 1 aromatic carbocycles. The third-order valence-electron chi connectivity index (χ3n) is 4.37. The molecular weight excluding hydrogens is 266 g/mol. The number of benzene rings is 1. The Morgan fingerprint density at radius 2 is 1.86 bits per heavy atom. The van der Waals surface area contributed by atoms with E-state index in [1.165, 1.54) is 25.3 Å². The number of carboxylic acids is 1. The summed E-state index contributed by atoms with van der Waals surface area (Å²) >= 11 is 0. The molecule has 0 atom stereocenters. The van der Waals surface area contributed by atoms with E-state index in [1.807, 2.05) is 0 Å². The first-order chi connectivity index (χ1) is 10.0. The first kappa shape index (κ1) is 15.5. The second-order valence-corrected chi connectivity index (χ2v) is 6.29. The molecule has 0 radical (unpaired) electrons.